The molecule has 0 saturated heterocycles. The maximum Gasteiger partial charge on any atom is 0.157 e. The Morgan fingerprint density at radius 2 is 2.05 bits per heavy atom. The summed E-state index contributed by atoms with van der Waals surface area (Å²) in [7, 11) is 0. The minimum absolute atomic E-state index is 0.340. The van der Waals surface area contributed by atoms with E-state index in [1.807, 2.05) is 16.8 Å². The van der Waals surface area contributed by atoms with Crippen molar-refractivity contribution in [3.63, 3.8) is 0 Å². The highest BCUT2D eigenvalue weighted by Gasteiger charge is 2.24. The van der Waals surface area contributed by atoms with E-state index in [2.05, 4.69) is 16.5 Å². The zero-order valence-electron chi connectivity index (χ0n) is 12.3. The standard InChI is InChI=1S/C16H23N5/c17-12-5-6-13(9-12)19-16-10-14(11-3-1-2-4-11)20-15-7-8-18-21(15)16/h7-8,10-13,19H,1-6,9,17H2. The van der Waals surface area contributed by atoms with Crippen LogP contribution in [0.3, 0.4) is 0 Å². The van der Waals surface area contributed by atoms with Gasteiger partial charge in [0.2, 0.25) is 0 Å². The lowest BCUT2D eigenvalue weighted by molar-refractivity contribution is 0.678. The van der Waals surface area contributed by atoms with Crippen molar-refractivity contribution in [2.75, 3.05) is 5.32 Å². The van der Waals surface area contributed by atoms with E-state index in [1.165, 1.54) is 31.4 Å². The van der Waals surface area contributed by atoms with Gasteiger partial charge in [0, 0.05) is 35.8 Å². The molecular weight excluding hydrogens is 262 g/mol. The number of anilines is 1. The fourth-order valence-electron chi connectivity index (χ4n) is 3.82. The molecule has 21 heavy (non-hydrogen) atoms. The minimum atomic E-state index is 0.340. The first-order valence-electron chi connectivity index (χ1n) is 8.16. The van der Waals surface area contributed by atoms with Gasteiger partial charge in [-0.25, -0.2) is 4.98 Å². The zero-order chi connectivity index (χ0) is 14.2. The van der Waals surface area contributed by atoms with E-state index in [1.54, 1.807) is 0 Å². The largest absolute Gasteiger partial charge is 0.367 e. The number of nitrogens with one attached hydrogen (secondary N) is 1. The van der Waals surface area contributed by atoms with E-state index in [0.29, 0.717) is 18.0 Å². The Balaban J connectivity index is 1.66. The maximum atomic E-state index is 6.03. The van der Waals surface area contributed by atoms with E-state index in [0.717, 1.165) is 30.7 Å². The fraction of sp³-hybridized carbons (Fsp3) is 0.625. The first kappa shape index (κ1) is 13.1. The van der Waals surface area contributed by atoms with Crippen molar-refractivity contribution in [3.05, 3.63) is 24.0 Å². The number of aromatic nitrogens is 3. The molecule has 4 rings (SSSR count). The molecular formula is C16H23N5. The van der Waals surface area contributed by atoms with Crippen molar-refractivity contribution in [2.45, 2.75) is 62.9 Å². The van der Waals surface area contributed by atoms with E-state index < -0.39 is 0 Å². The Hall–Kier alpha value is -1.62. The van der Waals surface area contributed by atoms with Crippen LogP contribution in [0.15, 0.2) is 18.3 Å². The average Bonchev–Trinajstić information content (AvgIpc) is 3.18. The van der Waals surface area contributed by atoms with Crippen LogP contribution in [0.4, 0.5) is 5.82 Å². The second kappa shape index (κ2) is 5.30. The molecule has 2 atom stereocenters. The fourth-order valence-corrected chi connectivity index (χ4v) is 3.82. The highest BCUT2D eigenvalue weighted by atomic mass is 15.3. The van der Waals surface area contributed by atoms with Crippen molar-refractivity contribution in [3.8, 4) is 0 Å². The van der Waals surface area contributed by atoms with Crippen molar-refractivity contribution in [1.29, 1.82) is 0 Å². The molecule has 2 unspecified atom stereocenters. The molecule has 2 aliphatic rings. The smallest absolute Gasteiger partial charge is 0.157 e. The summed E-state index contributed by atoms with van der Waals surface area (Å²) in [5.74, 6) is 1.70. The van der Waals surface area contributed by atoms with Crippen LogP contribution in [0.1, 0.15) is 56.6 Å². The van der Waals surface area contributed by atoms with Crippen LogP contribution in [0, 0.1) is 0 Å². The minimum Gasteiger partial charge on any atom is -0.367 e. The SMILES string of the molecule is NC1CCC(Nc2cc(C3CCCC3)nc3ccnn23)C1. The molecule has 0 aliphatic heterocycles. The van der Waals surface area contributed by atoms with Gasteiger partial charge in [0.15, 0.2) is 5.65 Å². The summed E-state index contributed by atoms with van der Waals surface area (Å²) >= 11 is 0. The third-order valence-corrected chi connectivity index (χ3v) is 4.98. The van der Waals surface area contributed by atoms with Crippen LogP contribution >= 0.6 is 0 Å². The van der Waals surface area contributed by atoms with E-state index in [9.17, 15) is 0 Å². The Labute approximate surface area is 124 Å². The van der Waals surface area contributed by atoms with Crippen molar-refractivity contribution < 1.29 is 0 Å². The monoisotopic (exact) mass is 285 g/mol. The van der Waals surface area contributed by atoms with Gasteiger partial charge in [0.25, 0.3) is 0 Å². The van der Waals surface area contributed by atoms with Gasteiger partial charge in [-0.1, -0.05) is 12.8 Å². The van der Waals surface area contributed by atoms with Crippen LogP contribution < -0.4 is 11.1 Å². The summed E-state index contributed by atoms with van der Waals surface area (Å²) in [4.78, 5) is 4.80. The van der Waals surface area contributed by atoms with Gasteiger partial charge < -0.3 is 11.1 Å². The Bertz CT molecular complexity index is 629. The Morgan fingerprint density at radius 1 is 1.19 bits per heavy atom. The van der Waals surface area contributed by atoms with E-state index >= 15 is 0 Å². The molecule has 5 nitrogen and oxygen atoms in total. The van der Waals surface area contributed by atoms with Crippen LogP contribution in [-0.2, 0) is 0 Å². The van der Waals surface area contributed by atoms with Gasteiger partial charge in [-0.05, 0) is 32.1 Å². The summed E-state index contributed by atoms with van der Waals surface area (Å²) < 4.78 is 1.92. The van der Waals surface area contributed by atoms with Gasteiger partial charge in [-0.15, -0.1) is 0 Å². The molecule has 0 spiro atoms. The molecule has 2 aromatic heterocycles. The van der Waals surface area contributed by atoms with Crippen molar-refractivity contribution in [1.82, 2.24) is 14.6 Å². The maximum absolute atomic E-state index is 6.03. The Morgan fingerprint density at radius 3 is 2.81 bits per heavy atom. The van der Waals surface area contributed by atoms with Gasteiger partial charge in [0.05, 0.1) is 6.20 Å². The second-order valence-corrected chi connectivity index (χ2v) is 6.56. The summed E-state index contributed by atoms with van der Waals surface area (Å²) in [6.45, 7) is 0. The molecule has 2 fully saturated rings. The van der Waals surface area contributed by atoms with Gasteiger partial charge in [-0.2, -0.15) is 9.61 Å². The quantitative estimate of drug-likeness (QED) is 0.909. The number of hydrogen-bond acceptors (Lipinski definition) is 4. The van der Waals surface area contributed by atoms with Gasteiger partial charge in [-0.3, -0.25) is 0 Å². The van der Waals surface area contributed by atoms with Gasteiger partial charge in [0.1, 0.15) is 5.82 Å². The molecule has 2 heterocycles. The first-order chi connectivity index (χ1) is 10.3. The molecule has 0 bridgehead atoms. The van der Waals surface area contributed by atoms with Gasteiger partial charge >= 0.3 is 0 Å². The van der Waals surface area contributed by atoms with Crippen LogP contribution in [0.2, 0.25) is 0 Å². The van der Waals surface area contributed by atoms with Crippen LogP contribution in [-0.4, -0.2) is 26.7 Å². The first-order valence-corrected chi connectivity index (χ1v) is 8.16. The van der Waals surface area contributed by atoms with Crippen LogP contribution in [0.5, 0.6) is 0 Å². The highest BCUT2D eigenvalue weighted by molar-refractivity contribution is 5.50. The Kier molecular flexibility index (Phi) is 3.30. The molecule has 112 valence electrons. The molecule has 0 amide bonds. The summed E-state index contributed by atoms with van der Waals surface area (Å²) in [5.41, 5.74) is 8.20. The van der Waals surface area contributed by atoms with Crippen LogP contribution in [0.25, 0.3) is 5.65 Å². The number of nitrogens with two attached hydrogens (primary N) is 1. The summed E-state index contributed by atoms with van der Waals surface area (Å²) in [6.07, 6.45) is 10.3. The zero-order valence-corrected chi connectivity index (χ0v) is 12.3. The van der Waals surface area contributed by atoms with Crippen molar-refractivity contribution in [2.24, 2.45) is 5.73 Å². The molecule has 3 N–H and O–H groups in total. The number of fused-ring (bicyclic) bond motifs is 1. The number of hydrogen-bond donors (Lipinski definition) is 2. The molecule has 2 aromatic rings. The summed E-state index contributed by atoms with van der Waals surface area (Å²) in [5, 5.41) is 8.05. The van der Waals surface area contributed by atoms with Crippen molar-refractivity contribution >= 4 is 11.5 Å². The van der Waals surface area contributed by atoms with E-state index in [-0.39, 0.29) is 0 Å². The predicted octanol–water partition coefficient (Wildman–Crippen LogP) is 2.68. The lowest BCUT2D eigenvalue weighted by atomic mass is 10.0. The third-order valence-electron chi connectivity index (χ3n) is 4.98. The lowest BCUT2D eigenvalue weighted by Gasteiger charge is -2.17. The molecule has 5 heteroatoms. The van der Waals surface area contributed by atoms with E-state index in [4.69, 9.17) is 10.7 Å². The third kappa shape index (κ3) is 2.50. The lowest BCUT2D eigenvalue weighted by Crippen LogP contribution is -2.22. The molecule has 0 radical (unpaired) electrons. The normalized spacial score (nSPS) is 26.7. The highest BCUT2D eigenvalue weighted by Crippen LogP contribution is 2.34. The molecule has 2 saturated carbocycles. The second-order valence-electron chi connectivity index (χ2n) is 6.56. The number of rotatable bonds is 3. The number of nitrogens with zero attached hydrogens (tertiary/aromatic N) is 3. The topological polar surface area (TPSA) is 68.2 Å². The average molecular weight is 285 g/mol. The summed E-state index contributed by atoms with van der Waals surface area (Å²) in [6, 6.07) is 5.00. The molecule has 0 aromatic carbocycles. The predicted molar refractivity (Wildman–Crippen MR) is 83.4 cm³/mol. The molecule has 2 aliphatic carbocycles.